The van der Waals surface area contributed by atoms with Crippen LogP contribution in [0.5, 0.6) is 5.75 Å². The number of carbonyl (C=O) groups is 1. The summed E-state index contributed by atoms with van der Waals surface area (Å²) in [6.07, 6.45) is 1.20. The predicted octanol–water partition coefficient (Wildman–Crippen LogP) is 3.53. The minimum absolute atomic E-state index is 0.112. The van der Waals surface area contributed by atoms with E-state index in [4.69, 9.17) is 12.2 Å². The van der Waals surface area contributed by atoms with Crippen molar-refractivity contribution in [2.24, 2.45) is 0 Å². The van der Waals surface area contributed by atoms with Crippen LogP contribution in [-0.2, 0) is 4.79 Å². The van der Waals surface area contributed by atoms with Gasteiger partial charge in [0.25, 0.3) is 0 Å². The normalized spacial score (nSPS) is 9.94. The lowest BCUT2D eigenvalue weighted by molar-refractivity contribution is -0.119. The molecule has 0 aromatic heterocycles. The summed E-state index contributed by atoms with van der Waals surface area (Å²) >= 11 is 11.4. The van der Waals surface area contributed by atoms with Crippen molar-refractivity contribution in [2.75, 3.05) is 5.32 Å². The summed E-state index contributed by atoms with van der Waals surface area (Å²) < 4.78 is 1.06. The van der Waals surface area contributed by atoms with Crippen LogP contribution in [0.15, 0.2) is 21.1 Å². The van der Waals surface area contributed by atoms with Gasteiger partial charge in [0.2, 0.25) is 5.91 Å². The van der Waals surface area contributed by atoms with Gasteiger partial charge in [0, 0.05) is 12.1 Å². The van der Waals surface area contributed by atoms with Crippen molar-refractivity contribution in [3.63, 3.8) is 0 Å². The van der Waals surface area contributed by atoms with Gasteiger partial charge in [0.15, 0.2) is 5.11 Å². The van der Waals surface area contributed by atoms with E-state index in [9.17, 15) is 9.90 Å². The topological polar surface area (TPSA) is 61.4 Å². The molecule has 0 saturated heterocycles. The Labute approximate surface area is 127 Å². The standard InChI is InChI=1S/C11H12Br2N2O2S/c1-2-3-9(16)15-11(18)14-6-4-7(12)10(17)8(13)5-6/h4-5,17H,2-3H2,1H3,(H2,14,15,16,18). The van der Waals surface area contributed by atoms with E-state index < -0.39 is 0 Å². The lowest BCUT2D eigenvalue weighted by atomic mass is 10.3. The Morgan fingerprint density at radius 3 is 2.44 bits per heavy atom. The second-order valence-electron chi connectivity index (χ2n) is 3.54. The van der Waals surface area contributed by atoms with Gasteiger partial charge >= 0.3 is 0 Å². The molecule has 4 nitrogen and oxygen atoms in total. The monoisotopic (exact) mass is 394 g/mol. The summed E-state index contributed by atoms with van der Waals surface area (Å²) in [5.41, 5.74) is 0.661. The Morgan fingerprint density at radius 2 is 1.94 bits per heavy atom. The number of carbonyl (C=O) groups excluding carboxylic acids is 1. The molecule has 0 heterocycles. The SMILES string of the molecule is CCCC(=O)NC(=S)Nc1cc(Br)c(O)c(Br)c1. The van der Waals surface area contributed by atoms with E-state index in [1.165, 1.54) is 0 Å². The molecule has 0 spiro atoms. The lowest BCUT2D eigenvalue weighted by Crippen LogP contribution is -2.33. The third-order valence-corrected chi connectivity index (χ3v) is 3.42. The van der Waals surface area contributed by atoms with Crippen molar-refractivity contribution in [2.45, 2.75) is 19.8 Å². The molecule has 0 fully saturated rings. The number of phenols is 1. The van der Waals surface area contributed by atoms with Crippen LogP contribution in [0.2, 0.25) is 0 Å². The molecule has 0 saturated carbocycles. The number of aromatic hydroxyl groups is 1. The van der Waals surface area contributed by atoms with Crippen molar-refractivity contribution in [3.05, 3.63) is 21.1 Å². The Bertz CT molecular complexity index is 457. The number of thiocarbonyl (C=S) groups is 1. The smallest absolute Gasteiger partial charge is 0.226 e. The Morgan fingerprint density at radius 1 is 1.39 bits per heavy atom. The minimum atomic E-state index is -0.119. The fourth-order valence-corrected chi connectivity index (χ4v) is 2.63. The zero-order valence-electron chi connectivity index (χ0n) is 9.59. The van der Waals surface area contributed by atoms with E-state index in [-0.39, 0.29) is 16.8 Å². The van der Waals surface area contributed by atoms with Gasteiger partial charge in [-0.25, -0.2) is 0 Å². The van der Waals surface area contributed by atoms with Crippen molar-refractivity contribution < 1.29 is 9.90 Å². The Hall–Kier alpha value is -0.660. The molecule has 18 heavy (non-hydrogen) atoms. The number of hydrogen-bond donors (Lipinski definition) is 3. The third-order valence-electron chi connectivity index (χ3n) is 2.00. The number of hydrogen-bond acceptors (Lipinski definition) is 3. The maximum absolute atomic E-state index is 11.3. The van der Waals surface area contributed by atoms with Crippen molar-refractivity contribution in [3.8, 4) is 5.75 Å². The van der Waals surface area contributed by atoms with Crippen LogP contribution in [0, 0.1) is 0 Å². The minimum Gasteiger partial charge on any atom is -0.506 e. The highest BCUT2D eigenvalue weighted by Crippen LogP contribution is 2.35. The molecule has 1 aromatic rings. The number of anilines is 1. The van der Waals surface area contributed by atoms with Gasteiger partial charge in [-0.05, 0) is 62.6 Å². The fraction of sp³-hybridized carbons (Fsp3) is 0.273. The molecule has 0 unspecified atom stereocenters. The summed E-state index contributed by atoms with van der Waals surface area (Å²) in [5.74, 6) is -0.00611. The molecule has 0 atom stereocenters. The quantitative estimate of drug-likeness (QED) is 0.541. The van der Waals surface area contributed by atoms with E-state index in [2.05, 4.69) is 42.5 Å². The molecule has 0 aliphatic carbocycles. The first-order valence-corrected chi connectivity index (χ1v) is 7.22. The van der Waals surface area contributed by atoms with E-state index >= 15 is 0 Å². The van der Waals surface area contributed by atoms with E-state index in [1.54, 1.807) is 12.1 Å². The summed E-state index contributed by atoms with van der Waals surface area (Å²) in [5, 5.41) is 15.2. The van der Waals surface area contributed by atoms with Gasteiger partial charge in [-0.1, -0.05) is 6.92 Å². The maximum atomic E-state index is 11.3. The van der Waals surface area contributed by atoms with E-state index in [0.717, 1.165) is 6.42 Å². The average molecular weight is 396 g/mol. The first-order valence-electron chi connectivity index (χ1n) is 5.23. The number of nitrogens with one attached hydrogen (secondary N) is 2. The molecule has 1 rings (SSSR count). The second kappa shape index (κ2) is 7.06. The molecule has 98 valence electrons. The molecule has 0 aliphatic heterocycles. The molecule has 0 radical (unpaired) electrons. The van der Waals surface area contributed by atoms with Gasteiger partial charge in [0.05, 0.1) is 8.95 Å². The molecule has 0 aliphatic rings. The van der Waals surface area contributed by atoms with Crippen LogP contribution >= 0.6 is 44.1 Å². The molecular weight excluding hydrogens is 384 g/mol. The summed E-state index contributed by atoms with van der Waals surface area (Å²) in [6, 6.07) is 3.33. The number of rotatable bonds is 3. The first-order chi connectivity index (χ1) is 8.43. The number of benzene rings is 1. The van der Waals surface area contributed by atoms with Crippen LogP contribution in [-0.4, -0.2) is 16.1 Å². The van der Waals surface area contributed by atoms with Crippen molar-refractivity contribution >= 4 is 60.8 Å². The van der Waals surface area contributed by atoms with Gasteiger partial charge in [-0.3, -0.25) is 4.79 Å². The zero-order chi connectivity index (χ0) is 13.7. The molecule has 1 amide bonds. The van der Waals surface area contributed by atoms with Crippen LogP contribution in [0.4, 0.5) is 5.69 Å². The summed E-state index contributed by atoms with van der Waals surface area (Å²) in [4.78, 5) is 11.3. The van der Waals surface area contributed by atoms with Crippen LogP contribution in [0.3, 0.4) is 0 Å². The maximum Gasteiger partial charge on any atom is 0.226 e. The number of halogens is 2. The Balaban J connectivity index is 2.68. The lowest BCUT2D eigenvalue weighted by Gasteiger charge is -2.11. The second-order valence-corrected chi connectivity index (χ2v) is 5.66. The van der Waals surface area contributed by atoms with Gasteiger partial charge < -0.3 is 15.7 Å². The third kappa shape index (κ3) is 4.55. The average Bonchev–Trinajstić information content (AvgIpc) is 2.25. The van der Waals surface area contributed by atoms with E-state index in [0.29, 0.717) is 21.1 Å². The first kappa shape index (κ1) is 15.4. The predicted molar refractivity (Wildman–Crippen MR) is 82.8 cm³/mol. The van der Waals surface area contributed by atoms with Gasteiger partial charge in [0.1, 0.15) is 5.75 Å². The molecule has 0 bridgehead atoms. The number of phenolic OH excluding ortho intramolecular Hbond substituents is 1. The summed E-state index contributed by atoms with van der Waals surface area (Å²) in [6.45, 7) is 1.92. The van der Waals surface area contributed by atoms with Crippen molar-refractivity contribution in [1.29, 1.82) is 0 Å². The summed E-state index contributed by atoms with van der Waals surface area (Å²) in [7, 11) is 0. The highest BCUT2D eigenvalue weighted by Gasteiger charge is 2.08. The highest BCUT2D eigenvalue weighted by molar-refractivity contribution is 9.11. The molecule has 1 aromatic carbocycles. The molecule has 3 N–H and O–H groups in total. The fourth-order valence-electron chi connectivity index (χ4n) is 1.22. The van der Waals surface area contributed by atoms with Gasteiger partial charge in [-0.15, -0.1) is 0 Å². The van der Waals surface area contributed by atoms with Crippen LogP contribution in [0.25, 0.3) is 0 Å². The van der Waals surface area contributed by atoms with Crippen LogP contribution in [0.1, 0.15) is 19.8 Å². The van der Waals surface area contributed by atoms with Crippen molar-refractivity contribution in [1.82, 2.24) is 5.32 Å². The highest BCUT2D eigenvalue weighted by atomic mass is 79.9. The van der Waals surface area contributed by atoms with Crippen LogP contribution < -0.4 is 10.6 Å². The Kier molecular flexibility index (Phi) is 6.04. The van der Waals surface area contributed by atoms with E-state index in [1.807, 2.05) is 6.92 Å². The zero-order valence-corrected chi connectivity index (χ0v) is 13.6. The molecule has 7 heteroatoms. The molecular formula is C11H12Br2N2O2S. The van der Waals surface area contributed by atoms with Gasteiger partial charge in [-0.2, -0.15) is 0 Å². The largest absolute Gasteiger partial charge is 0.506 e. The number of amides is 1.